The Morgan fingerprint density at radius 1 is 1.43 bits per heavy atom. The molecule has 21 heavy (non-hydrogen) atoms. The topological polar surface area (TPSA) is 102 Å². The number of anilines is 1. The van der Waals surface area contributed by atoms with E-state index in [9.17, 15) is 13.2 Å². The van der Waals surface area contributed by atoms with E-state index in [4.69, 9.17) is 5.14 Å². The maximum absolute atomic E-state index is 12.0. The molecule has 1 aromatic rings. The van der Waals surface area contributed by atoms with E-state index in [0.717, 1.165) is 16.7 Å². The summed E-state index contributed by atoms with van der Waals surface area (Å²) in [5, 5.41) is 7.48. The van der Waals surface area contributed by atoms with Crippen LogP contribution in [-0.4, -0.2) is 36.2 Å². The van der Waals surface area contributed by atoms with Gasteiger partial charge < -0.3 is 5.32 Å². The van der Waals surface area contributed by atoms with Gasteiger partial charge in [0, 0.05) is 11.4 Å². The van der Waals surface area contributed by atoms with Gasteiger partial charge in [0.1, 0.15) is 4.38 Å². The Balaban J connectivity index is 1.95. The fourth-order valence-corrected chi connectivity index (χ4v) is 4.21. The summed E-state index contributed by atoms with van der Waals surface area (Å²) < 4.78 is 23.2. The van der Waals surface area contributed by atoms with Crippen LogP contribution in [0.2, 0.25) is 0 Å². The van der Waals surface area contributed by atoms with Gasteiger partial charge >= 0.3 is 0 Å². The van der Waals surface area contributed by atoms with E-state index < -0.39 is 10.0 Å². The van der Waals surface area contributed by atoms with Crippen LogP contribution in [0.4, 0.5) is 5.69 Å². The minimum absolute atomic E-state index is 0.0135. The predicted octanol–water partition coefficient (Wildman–Crippen LogP) is 1.50. The average Bonchev–Trinajstić information content (AvgIpc) is 2.91. The largest absolute Gasteiger partial charge is 0.325 e. The van der Waals surface area contributed by atoms with Crippen LogP contribution in [0, 0.1) is 0 Å². The van der Waals surface area contributed by atoms with Crippen molar-refractivity contribution >= 4 is 49.5 Å². The zero-order valence-electron chi connectivity index (χ0n) is 11.3. The van der Waals surface area contributed by atoms with Gasteiger partial charge in [0.2, 0.25) is 15.9 Å². The lowest BCUT2D eigenvalue weighted by Crippen LogP contribution is -2.23. The summed E-state index contributed by atoms with van der Waals surface area (Å²) in [4.78, 5) is 16.3. The second kappa shape index (κ2) is 6.82. The molecule has 114 valence electrons. The van der Waals surface area contributed by atoms with Crippen molar-refractivity contribution in [1.29, 1.82) is 0 Å². The normalized spacial score (nSPS) is 16.4. The van der Waals surface area contributed by atoms with E-state index in [1.54, 1.807) is 18.7 Å². The number of thioether (sulfide) groups is 2. The minimum Gasteiger partial charge on any atom is -0.325 e. The van der Waals surface area contributed by atoms with Crippen LogP contribution in [0.1, 0.15) is 6.92 Å². The zero-order chi connectivity index (χ0) is 15.5. The molecule has 1 aliphatic heterocycles. The van der Waals surface area contributed by atoms with Crippen molar-refractivity contribution in [3.8, 4) is 0 Å². The minimum atomic E-state index is -3.72. The second-order valence-electron chi connectivity index (χ2n) is 4.31. The molecule has 1 aromatic carbocycles. The van der Waals surface area contributed by atoms with Gasteiger partial charge in [-0.15, -0.1) is 0 Å². The van der Waals surface area contributed by atoms with Crippen LogP contribution in [0.5, 0.6) is 0 Å². The van der Waals surface area contributed by atoms with Crippen molar-refractivity contribution in [2.24, 2.45) is 10.1 Å². The highest BCUT2D eigenvalue weighted by Gasteiger charge is 2.19. The van der Waals surface area contributed by atoms with Gasteiger partial charge in [-0.05, 0) is 31.2 Å². The van der Waals surface area contributed by atoms with Gasteiger partial charge in [0.05, 0.1) is 16.7 Å². The molecule has 1 atom stereocenters. The maximum atomic E-state index is 12.0. The van der Waals surface area contributed by atoms with Crippen LogP contribution in [0.25, 0.3) is 0 Å². The second-order valence-corrected chi connectivity index (χ2v) is 8.55. The monoisotopic (exact) mass is 345 g/mol. The third-order valence-electron chi connectivity index (χ3n) is 2.65. The van der Waals surface area contributed by atoms with Gasteiger partial charge in [-0.25, -0.2) is 13.6 Å². The summed E-state index contributed by atoms with van der Waals surface area (Å²) in [5.41, 5.74) is 0.529. The molecule has 9 heteroatoms. The number of nitrogens with two attached hydrogens (primary N) is 1. The highest BCUT2D eigenvalue weighted by molar-refractivity contribution is 8.39. The Morgan fingerprint density at radius 2 is 2.10 bits per heavy atom. The SMILES string of the molecule is C[C@H](SC1=NCCS1)C(=O)Nc1ccc(S(N)(=O)=O)cc1. The number of amides is 1. The first-order chi connectivity index (χ1) is 9.86. The molecular weight excluding hydrogens is 330 g/mol. The molecule has 2 rings (SSSR count). The molecule has 6 nitrogen and oxygen atoms in total. The number of sulfonamides is 1. The van der Waals surface area contributed by atoms with Crippen molar-refractivity contribution in [3.63, 3.8) is 0 Å². The molecule has 0 aliphatic carbocycles. The number of carbonyl (C=O) groups excluding carboxylic acids is 1. The summed E-state index contributed by atoms with van der Waals surface area (Å²) in [6.45, 7) is 2.61. The van der Waals surface area contributed by atoms with Crippen molar-refractivity contribution in [2.45, 2.75) is 17.1 Å². The quantitative estimate of drug-likeness (QED) is 0.861. The molecule has 0 spiro atoms. The van der Waals surface area contributed by atoms with Crippen molar-refractivity contribution in [3.05, 3.63) is 24.3 Å². The molecule has 0 fully saturated rings. The molecule has 0 bridgehead atoms. The third kappa shape index (κ3) is 4.73. The van der Waals surface area contributed by atoms with Gasteiger partial charge in [0.15, 0.2) is 0 Å². The molecule has 0 unspecified atom stereocenters. The number of rotatable bonds is 4. The molecule has 1 amide bonds. The van der Waals surface area contributed by atoms with Crippen molar-refractivity contribution in [1.82, 2.24) is 0 Å². The highest BCUT2D eigenvalue weighted by Crippen LogP contribution is 2.26. The van der Waals surface area contributed by atoms with E-state index in [1.165, 1.54) is 36.0 Å². The van der Waals surface area contributed by atoms with Gasteiger partial charge in [0.25, 0.3) is 0 Å². The van der Waals surface area contributed by atoms with Crippen LogP contribution >= 0.6 is 23.5 Å². The van der Waals surface area contributed by atoms with Crippen LogP contribution in [-0.2, 0) is 14.8 Å². The van der Waals surface area contributed by atoms with E-state index >= 15 is 0 Å². The summed E-state index contributed by atoms with van der Waals surface area (Å²) in [6, 6.07) is 5.74. The lowest BCUT2D eigenvalue weighted by molar-refractivity contribution is -0.115. The van der Waals surface area contributed by atoms with Crippen LogP contribution in [0.15, 0.2) is 34.2 Å². The summed E-state index contributed by atoms with van der Waals surface area (Å²) in [7, 11) is -3.72. The number of nitrogens with zero attached hydrogens (tertiary/aromatic N) is 1. The Morgan fingerprint density at radius 3 is 2.62 bits per heavy atom. The predicted molar refractivity (Wildman–Crippen MR) is 88.3 cm³/mol. The fraction of sp³-hybridized carbons (Fsp3) is 0.333. The van der Waals surface area contributed by atoms with E-state index in [1.807, 2.05) is 0 Å². The van der Waals surface area contributed by atoms with E-state index in [2.05, 4.69) is 10.3 Å². The molecule has 1 aliphatic rings. The number of hydrogen-bond donors (Lipinski definition) is 2. The average molecular weight is 345 g/mol. The Labute approximate surface area is 132 Å². The smallest absolute Gasteiger partial charge is 0.238 e. The van der Waals surface area contributed by atoms with E-state index in [-0.39, 0.29) is 16.1 Å². The van der Waals surface area contributed by atoms with Crippen molar-refractivity contribution < 1.29 is 13.2 Å². The number of primary sulfonamides is 1. The summed E-state index contributed by atoms with van der Waals surface area (Å²) in [5.74, 6) is 0.810. The number of hydrogen-bond acceptors (Lipinski definition) is 6. The fourth-order valence-electron chi connectivity index (χ4n) is 1.56. The Bertz CT molecular complexity index is 656. The van der Waals surface area contributed by atoms with E-state index in [0.29, 0.717) is 5.69 Å². The first-order valence-corrected chi connectivity index (χ1v) is 9.55. The molecule has 3 N–H and O–H groups in total. The number of carbonyl (C=O) groups is 1. The molecule has 0 radical (unpaired) electrons. The Kier molecular flexibility index (Phi) is 5.31. The van der Waals surface area contributed by atoms with Gasteiger partial charge in [-0.3, -0.25) is 9.79 Å². The number of benzene rings is 1. The standard InChI is InChI=1S/C12H15N3O3S3/c1-8(20-12-14-6-7-19-12)11(16)15-9-2-4-10(5-3-9)21(13,17)18/h2-5,8H,6-7H2,1H3,(H,15,16)(H2,13,17,18)/t8-/m0/s1. The molecule has 1 heterocycles. The lowest BCUT2D eigenvalue weighted by atomic mass is 10.3. The van der Waals surface area contributed by atoms with Gasteiger partial charge in [-0.1, -0.05) is 23.5 Å². The molecular formula is C12H15N3O3S3. The van der Waals surface area contributed by atoms with Gasteiger partial charge in [-0.2, -0.15) is 0 Å². The Hall–Kier alpha value is -1.03. The zero-order valence-corrected chi connectivity index (χ0v) is 13.7. The summed E-state index contributed by atoms with van der Waals surface area (Å²) in [6.07, 6.45) is 0. The maximum Gasteiger partial charge on any atom is 0.238 e. The number of nitrogens with one attached hydrogen (secondary N) is 1. The lowest BCUT2D eigenvalue weighted by Gasteiger charge is -2.11. The van der Waals surface area contributed by atoms with Crippen LogP contribution < -0.4 is 10.5 Å². The molecule has 0 saturated carbocycles. The van der Waals surface area contributed by atoms with Crippen LogP contribution in [0.3, 0.4) is 0 Å². The highest BCUT2D eigenvalue weighted by atomic mass is 32.2. The third-order valence-corrected chi connectivity index (χ3v) is 5.89. The molecule has 0 aromatic heterocycles. The van der Waals surface area contributed by atoms with Crippen molar-refractivity contribution in [2.75, 3.05) is 17.6 Å². The summed E-state index contributed by atoms with van der Waals surface area (Å²) >= 11 is 3.08. The first-order valence-electron chi connectivity index (χ1n) is 6.14. The number of aliphatic imine (C=N–C) groups is 1. The first kappa shape index (κ1) is 16.3. The molecule has 0 saturated heterocycles.